The highest BCUT2D eigenvalue weighted by molar-refractivity contribution is 5.87. The van der Waals surface area contributed by atoms with Gasteiger partial charge in [-0.05, 0) is 19.1 Å². The topological polar surface area (TPSA) is 180 Å². The van der Waals surface area contributed by atoms with Gasteiger partial charge in [-0.1, -0.05) is 24.8 Å². The Morgan fingerprint density at radius 3 is 1.50 bits per heavy atom. The number of carbonyl (C=O) groups is 2. The van der Waals surface area contributed by atoms with Gasteiger partial charge in [-0.15, -0.1) is 0 Å². The summed E-state index contributed by atoms with van der Waals surface area (Å²) in [5.74, 6) is -1.81. The molecule has 0 aromatic heterocycles. The molecule has 0 atom stereocenters. The molecule has 0 amide bonds. The number of hydrogen-bond donors (Lipinski definition) is 5. The van der Waals surface area contributed by atoms with Crippen LogP contribution in [-0.2, 0) is 4.79 Å². The molecule has 7 heteroatoms. The van der Waals surface area contributed by atoms with E-state index in [9.17, 15) is 9.59 Å². The zero-order valence-electron chi connectivity index (χ0n) is 10.4. The number of rotatable bonds is 2. The van der Waals surface area contributed by atoms with E-state index in [4.69, 9.17) is 10.2 Å². The minimum Gasteiger partial charge on any atom is -0.478 e. The van der Waals surface area contributed by atoms with Crippen molar-refractivity contribution in [2.24, 2.45) is 0 Å². The van der Waals surface area contributed by atoms with Crippen molar-refractivity contribution in [2.75, 3.05) is 0 Å². The lowest BCUT2D eigenvalue weighted by molar-refractivity contribution is -0.132. The molecule has 0 aliphatic rings. The Labute approximate surface area is 106 Å². The molecule has 0 bridgehead atoms. The molecule has 0 aliphatic heterocycles. The predicted molar refractivity (Wildman–Crippen MR) is 70.9 cm³/mol. The Morgan fingerprint density at radius 1 is 1.00 bits per heavy atom. The maximum absolute atomic E-state index is 10.2. The molecule has 1 aromatic carbocycles. The Morgan fingerprint density at radius 2 is 1.33 bits per heavy atom. The maximum atomic E-state index is 10.2. The van der Waals surface area contributed by atoms with Crippen LogP contribution < -0.4 is 18.5 Å². The average molecular weight is 259 g/mol. The van der Waals surface area contributed by atoms with E-state index in [-0.39, 0.29) is 24.0 Å². The molecule has 0 saturated heterocycles. The van der Waals surface area contributed by atoms with Gasteiger partial charge in [0.15, 0.2) is 0 Å². The van der Waals surface area contributed by atoms with Gasteiger partial charge in [0.05, 0.1) is 5.56 Å². The van der Waals surface area contributed by atoms with Crippen molar-refractivity contribution >= 4 is 11.9 Å². The highest BCUT2D eigenvalue weighted by atomic mass is 16.4. The van der Waals surface area contributed by atoms with Crippen molar-refractivity contribution < 1.29 is 19.8 Å². The standard InChI is InChI=1S/C7H6O2.C4H6O2.3H3N/c8-7(9)6-4-2-1-3-5-6;1-3(2)4(5)6;;;/h1-5H,(H,8,9);1H2,2H3,(H,5,6);3*1H3. The fraction of sp³-hybridized carbons (Fsp3) is 0.0909. The molecule has 0 radical (unpaired) electrons. The first-order chi connectivity index (χ1) is 6.95. The normalized spacial score (nSPS) is 6.94. The lowest BCUT2D eigenvalue weighted by atomic mass is 10.2. The van der Waals surface area contributed by atoms with E-state index in [2.05, 4.69) is 6.58 Å². The van der Waals surface area contributed by atoms with Gasteiger partial charge in [0, 0.05) is 5.57 Å². The van der Waals surface area contributed by atoms with Gasteiger partial charge in [-0.25, -0.2) is 9.59 Å². The van der Waals surface area contributed by atoms with Crippen LogP contribution in [0, 0.1) is 0 Å². The minimum atomic E-state index is -0.935. The Kier molecular flexibility index (Phi) is 17.7. The van der Waals surface area contributed by atoms with Crippen LogP contribution in [0.1, 0.15) is 17.3 Å². The third kappa shape index (κ3) is 11.9. The van der Waals surface area contributed by atoms with Crippen LogP contribution in [-0.4, -0.2) is 22.2 Å². The van der Waals surface area contributed by atoms with Gasteiger partial charge in [-0.3, -0.25) is 0 Å². The summed E-state index contributed by atoms with van der Waals surface area (Å²) in [4.78, 5) is 19.8. The summed E-state index contributed by atoms with van der Waals surface area (Å²) >= 11 is 0. The number of carboxylic acid groups (broad SMARTS) is 2. The molecule has 0 saturated carbocycles. The van der Waals surface area contributed by atoms with E-state index in [0.717, 1.165) is 0 Å². The van der Waals surface area contributed by atoms with E-state index < -0.39 is 11.9 Å². The molecule has 0 unspecified atom stereocenters. The van der Waals surface area contributed by atoms with E-state index in [1.807, 2.05) is 0 Å². The van der Waals surface area contributed by atoms with Crippen molar-refractivity contribution in [1.82, 2.24) is 18.5 Å². The molecule has 1 rings (SSSR count). The first kappa shape index (κ1) is 24.8. The summed E-state index contributed by atoms with van der Waals surface area (Å²) in [5, 5.41) is 16.3. The SMILES string of the molecule is C=C(C)C(=O)O.N.N.N.O=C(O)c1ccccc1. The van der Waals surface area contributed by atoms with Crippen LogP contribution in [0.3, 0.4) is 0 Å². The molecule has 0 spiro atoms. The Bertz CT molecular complexity index is 354. The number of hydrogen-bond acceptors (Lipinski definition) is 5. The van der Waals surface area contributed by atoms with Gasteiger partial charge in [0.2, 0.25) is 0 Å². The van der Waals surface area contributed by atoms with Gasteiger partial charge in [0.25, 0.3) is 0 Å². The molecule has 18 heavy (non-hydrogen) atoms. The Hall–Kier alpha value is -2.22. The van der Waals surface area contributed by atoms with E-state index in [0.29, 0.717) is 5.56 Å². The summed E-state index contributed by atoms with van der Waals surface area (Å²) in [6.07, 6.45) is 0. The quantitative estimate of drug-likeness (QED) is 0.505. The molecule has 104 valence electrons. The molecule has 0 fully saturated rings. The maximum Gasteiger partial charge on any atom is 0.335 e. The van der Waals surface area contributed by atoms with Crippen LogP contribution >= 0.6 is 0 Å². The van der Waals surface area contributed by atoms with Crippen LogP contribution in [0.2, 0.25) is 0 Å². The molecule has 1 aromatic rings. The molecule has 7 nitrogen and oxygen atoms in total. The zero-order chi connectivity index (χ0) is 11.8. The second-order valence-corrected chi connectivity index (χ2v) is 2.76. The van der Waals surface area contributed by atoms with Crippen LogP contribution in [0.4, 0.5) is 0 Å². The largest absolute Gasteiger partial charge is 0.478 e. The van der Waals surface area contributed by atoms with Crippen molar-refractivity contribution in [2.45, 2.75) is 6.92 Å². The monoisotopic (exact) mass is 259 g/mol. The Balaban J connectivity index is -0.0000000992. The summed E-state index contributed by atoms with van der Waals surface area (Å²) in [6, 6.07) is 8.30. The van der Waals surface area contributed by atoms with Crippen LogP contribution in [0.25, 0.3) is 0 Å². The number of carboxylic acids is 2. The number of aromatic carboxylic acids is 1. The van der Waals surface area contributed by atoms with Crippen molar-refractivity contribution in [1.29, 1.82) is 0 Å². The predicted octanol–water partition coefficient (Wildman–Crippen LogP) is 2.52. The molecule has 0 heterocycles. The minimum absolute atomic E-state index is 0. The van der Waals surface area contributed by atoms with Gasteiger partial charge in [-0.2, -0.15) is 0 Å². The smallest absolute Gasteiger partial charge is 0.335 e. The van der Waals surface area contributed by atoms with E-state index >= 15 is 0 Å². The van der Waals surface area contributed by atoms with Gasteiger partial charge >= 0.3 is 11.9 Å². The second-order valence-electron chi connectivity index (χ2n) is 2.76. The van der Waals surface area contributed by atoms with Crippen LogP contribution in [0.5, 0.6) is 0 Å². The third-order valence-electron chi connectivity index (χ3n) is 1.39. The molecule has 11 N–H and O–H groups in total. The summed E-state index contributed by atoms with van der Waals surface area (Å²) in [5.41, 5.74) is 0.507. The van der Waals surface area contributed by atoms with E-state index in [1.54, 1.807) is 30.3 Å². The summed E-state index contributed by atoms with van der Waals surface area (Å²) < 4.78 is 0. The lowest BCUT2D eigenvalue weighted by Crippen LogP contribution is -1.93. The van der Waals surface area contributed by atoms with Crippen LogP contribution in [0.15, 0.2) is 42.5 Å². The average Bonchev–Trinajstić information content (AvgIpc) is 2.20. The highest BCUT2D eigenvalue weighted by Crippen LogP contribution is 1.96. The fourth-order valence-electron chi connectivity index (χ4n) is 0.581. The van der Waals surface area contributed by atoms with Gasteiger partial charge < -0.3 is 28.7 Å². The number of benzene rings is 1. The zero-order valence-corrected chi connectivity index (χ0v) is 10.4. The van der Waals surface area contributed by atoms with Crippen molar-refractivity contribution in [3.63, 3.8) is 0 Å². The van der Waals surface area contributed by atoms with Crippen molar-refractivity contribution in [3.8, 4) is 0 Å². The second kappa shape index (κ2) is 12.8. The lowest BCUT2D eigenvalue weighted by Gasteiger charge is -1.88. The highest BCUT2D eigenvalue weighted by Gasteiger charge is 1.96. The van der Waals surface area contributed by atoms with Crippen molar-refractivity contribution in [3.05, 3.63) is 48.0 Å². The van der Waals surface area contributed by atoms with E-state index in [1.165, 1.54) is 6.92 Å². The molecular formula is C11H21N3O4. The fourth-order valence-corrected chi connectivity index (χ4v) is 0.581. The first-order valence-corrected chi connectivity index (χ1v) is 4.12. The first-order valence-electron chi connectivity index (χ1n) is 4.12. The molecule has 0 aliphatic carbocycles. The van der Waals surface area contributed by atoms with Gasteiger partial charge in [0.1, 0.15) is 0 Å². The third-order valence-corrected chi connectivity index (χ3v) is 1.39. The number of aliphatic carboxylic acids is 1. The summed E-state index contributed by atoms with van der Waals surface area (Å²) in [7, 11) is 0. The summed E-state index contributed by atoms with van der Waals surface area (Å²) in [6.45, 7) is 4.60. The molecular weight excluding hydrogens is 238 g/mol.